The van der Waals surface area contributed by atoms with E-state index in [1.54, 1.807) is 0 Å². The molecule has 0 amide bonds. The number of hydrogen-bond acceptors (Lipinski definition) is 1. The molecule has 0 aliphatic rings. The van der Waals surface area contributed by atoms with Crippen LogP contribution in [0.2, 0.25) is 0 Å². The van der Waals surface area contributed by atoms with E-state index < -0.39 is 0 Å². The Kier molecular flexibility index (Phi) is 4.15. The van der Waals surface area contributed by atoms with Gasteiger partial charge >= 0.3 is 0 Å². The predicted molar refractivity (Wildman–Crippen MR) is 71.5 cm³/mol. The van der Waals surface area contributed by atoms with E-state index in [1.165, 1.54) is 5.56 Å². The first-order valence-electron chi connectivity index (χ1n) is 6.17. The average Bonchev–Trinajstić information content (AvgIpc) is 2.18. The van der Waals surface area contributed by atoms with Crippen LogP contribution in [0.15, 0.2) is 30.3 Å². The quantitative estimate of drug-likeness (QED) is 0.745. The number of rotatable bonds is 4. The van der Waals surface area contributed by atoms with E-state index in [0.717, 1.165) is 0 Å². The summed E-state index contributed by atoms with van der Waals surface area (Å²) in [5.41, 5.74) is 1.55. The van der Waals surface area contributed by atoms with Gasteiger partial charge in [0.05, 0.1) is 5.54 Å². The number of benzene rings is 1. The molecule has 0 aliphatic heterocycles. The second-order valence-corrected chi connectivity index (χ2v) is 5.40. The largest absolute Gasteiger partial charge is 0.299 e. The summed E-state index contributed by atoms with van der Waals surface area (Å²) in [4.78, 5) is 2.37. The molecule has 0 saturated heterocycles. The molecule has 0 aromatic heterocycles. The van der Waals surface area contributed by atoms with Crippen LogP contribution >= 0.6 is 0 Å². The van der Waals surface area contributed by atoms with E-state index in [2.05, 4.69) is 77.0 Å². The maximum Gasteiger partial charge on any atom is 0.0501 e. The van der Waals surface area contributed by atoms with Crippen LogP contribution in [-0.4, -0.2) is 19.0 Å². The van der Waals surface area contributed by atoms with E-state index in [4.69, 9.17) is 0 Å². The maximum atomic E-state index is 2.37. The predicted octanol–water partition coefficient (Wildman–Crippen LogP) is 3.76. The van der Waals surface area contributed by atoms with Crippen LogP contribution in [-0.2, 0) is 5.54 Å². The van der Waals surface area contributed by atoms with Crippen molar-refractivity contribution in [2.75, 3.05) is 14.1 Å². The fourth-order valence-electron chi connectivity index (χ4n) is 3.33. The zero-order valence-electron chi connectivity index (χ0n) is 11.5. The molecule has 1 aromatic carbocycles. The van der Waals surface area contributed by atoms with Gasteiger partial charge in [-0.2, -0.15) is 0 Å². The van der Waals surface area contributed by atoms with Crippen LogP contribution in [0.5, 0.6) is 0 Å². The molecule has 0 aliphatic carbocycles. The Balaban J connectivity index is 3.34. The number of hydrogen-bond donors (Lipinski definition) is 0. The lowest BCUT2D eigenvalue weighted by molar-refractivity contribution is 0.0413. The van der Waals surface area contributed by atoms with Gasteiger partial charge in [-0.3, -0.25) is 4.90 Å². The summed E-state index contributed by atoms with van der Waals surface area (Å²) in [6.45, 7) is 9.25. The molecule has 1 nitrogen and oxygen atoms in total. The second-order valence-electron chi connectivity index (χ2n) is 5.40. The highest BCUT2D eigenvalue weighted by Gasteiger charge is 2.40. The van der Waals surface area contributed by atoms with Crippen LogP contribution in [0, 0.1) is 11.8 Å². The first kappa shape index (κ1) is 13.2. The Hall–Kier alpha value is -0.820. The minimum Gasteiger partial charge on any atom is -0.299 e. The van der Waals surface area contributed by atoms with Crippen molar-refractivity contribution in [1.29, 1.82) is 0 Å². The summed E-state index contributed by atoms with van der Waals surface area (Å²) in [6, 6.07) is 10.9. The topological polar surface area (TPSA) is 3.24 Å². The molecule has 0 heterocycles. The monoisotopic (exact) mass is 219 g/mol. The van der Waals surface area contributed by atoms with Gasteiger partial charge in [0, 0.05) is 0 Å². The van der Waals surface area contributed by atoms with Gasteiger partial charge < -0.3 is 0 Å². The van der Waals surface area contributed by atoms with Crippen LogP contribution in [0.1, 0.15) is 33.3 Å². The van der Waals surface area contributed by atoms with Gasteiger partial charge in [0.15, 0.2) is 0 Å². The molecule has 0 N–H and O–H groups in total. The number of nitrogens with zero attached hydrogens (tertiary/aromatic N) is 1. The van der Waals surface area contributed by atoms with Crippen molar-refractivity contribution < 1.29 is 0 Å². The Morgan fingerprint density at radius 3 is 1.62 bits per heavy atom. The average molecular weight is 219 g/mol. The van der Waals surface area contributed by atoms with E-state index >= 15 is 0 Å². The lowest BCUT2D eigenvalue weighted by Crippen LogP contribution is -2.50. The molecule has 90 valence electrons. The van der Waals surface area contributed by atoms with Crippen LogP contribution in [0.25, 0.3) is 0 Å². The maximum absolute atomic E-state index is 2.37. The highest BCUT2D eigenvalue weighted by atomic mass is 15.2. The molecule has 0 radical (unpaired) electrons. The lowest BCUT2D eigenvalue weighted by atomic mass is 9.71. The first-order chi connectivity index (χ1) is 7.44. The molecule has 0 atom stereocenters. The van der Waals surface area contributed by atoms with Crippen molar-refractivity contribution in [2.45, 2.75) is 33.2 Å². The van der Waals surface area contributed by atoms with Crippen molar-refractivity contribution in [1.82, 2.24) is 4.90 Å². The first-order valence-corrected chi connectivity index (χ1v) is 6.17. The normalized spacial score (nSPS) is 12.8. The molecule has 1 aromatic rings. The third-order valence-electron chi connectivity index (χ3n) is 3.74. The molecule has 16 heavy (non-hydrogen) atoms. The van der Waals surface area contributed by atoms with Gasteiger partial charge in [-0.05, 0) is 31.5 Å². The van der Waals surface area contributed by atoms with Crippen molar-refractivity contribution in [2.24, 2.45) is 11.8 Å². The van der Waals surface area contributed by atoms with Gasteiger partial charge in [0.25, 0.3) is 0 Å². The smallest absolute Gasteiger partial charge is 0.0501 e. The fourth-order valence-corrected chi connectivity index (χ4v) is 3.33. The Labute approximate surface area is 100 Å². The fraction of sp³-hybridized carbons (Fsp3) is 0.600. The van der Waals surface area contributed by atoms with Crippen molar-refractivity contribution in [3.05, 3.63) is 35.9 Å². The molecule has 0 bridgehead atoms. The minimum atomic E-state index is 0.126. The Bertz CT molecular complexity index is 290. The summed E-state index contributed by atoms with van der Waals surface area (Å²) < 4.78 is 0. The summed E-state index contributed by atoms with van der Waals surface area (Å²) in [5.74, 6) is 1.18. The highest BCUT2D eigenvalue weighted by molar-refractivity contribution is 5.26. The summed E-state index contributed by atoms with van der Waals surface area (Å²) in [5, 5.41) is 0. The summed E-state index contributed by atoms with van der Waals surface area (Å²) in [7, 11) is 4.38. The summed E-state index contributed by atoms with van der Waals surface area (Å²) >= 11 is 0. The zero-order valence-corrected chi connectivity index (χ0v) is 11.5. The van der Waals surface area contributed by atoms with E-state index in [-0.39, 0.29) is 5.54 Å². The third-order valence-corrected chi connectivity index (χ3v) is 3.74. The van der Waals surface area contributed by atoms with Gasteiger partial charge in [0.2, 0.25) is 0 Å². The summed E-state index contributed by atoms with van der Waals surface area (Å²) in [6.07, 6.45) is 0. The third kappa shape index (κ3) is 2.01. The standard InChI is InChI=1S/C15H25N/c1-12(2)15(13(3)4,16(5)6)14-10-8-7-9-11-14/h7-13H,1-6H3. The van der Waals surface area contributed by atoms with Gasteiger partial charge in [-0.1, -0.05) is 58.0 Å². The van der Waals surface area contributed by atoms with Gasteiger partial charge in [0.1, 0.15) is 0 Å². The van der Waals surface area contributed by atoms with Crippen molar-refractivity contribution >= 4 is 0 Å². The van der Waals surface area contributed by atoms with Crippen molar-refractivity contribution in [3.8, 4) is 0 Å². The van der Waals surface area contributed by atoms with Crippen LogP contribution in [0.4, 0.5) is 0 Å². The molecule has 1 heteroatoms. The second kappa shape index (κ2) is 5.01. The van der Waals surface area contributed by atoms with E-state index in [1.807, 2.05) is 0 Å². The molecule has 0 unspecified atom stereocenters. The molecule has 0 saturated carbocycles. The van der Waals surface area contributed by atoms with E-state index in [9.17, 15) is 0 Å². The molecular formula is C15H25N. The molecule has 1 rings (SSSR count). The molecule has 0 fully saturated rings. The zero-order chi connectivity index (χ0) is 12.3. The highest BCUT2D eigenvalue weighted by Crippen LogP contribution is 2.40. The van der Waals surface area contributed by atoms with Crippen LogP contribution < -0.4 is 0 Å². The lowest BCUT2D eigenvalue weighted by Gasteiger charge is -2.47. The van der Waals surface area contributed by atoms with Gasteiger partial charge in [-0.15, -0.1) is 0 Å². The SMILES string of the molecule is CC(C)C(c1ccccc1)(C(C)C)N(C)C. The Morgan fingerprint density at radius 2 is 1.31 bits per heavy atom. The van der Waals surface area contributed by atoms with Crippen molar-refractivity contribution in [3.63, 3.8) is 0 Å². The van der Waals surface area contributed by atoms with Crippen LogP contribution in [0.3, 0.4) is 0 Å². The van der Waals surface area contributed by atoms with Gasteiger partial charge in [-0.25, -0.2) is 0 Å². The molecule has 0 spiro atoms. The minimum absolute atomic E-state index is 0.126. The molecular weight excluding hydrogens is 194 g/mol. The Morgan fingerprint density at radius 1 is 0.875 bits per heavy atom. The van der Waals surface area contributed by atoms with E-state index in [0.29, 0.717) is 11.8 Å².